The molecule has 1 aromatic rings. The Morgan fingerprint density at radius 2 is 2.17 bits per heavy atom. The third-order valence-corrected chi connectivity index (χ3v) is 4.41. The average molecular weight is 336 g/mol. The van der Waals surface area contributed by atoms with Gasteiger partial charge in [0.1, 0.15) is 13.2 Å². The fraction of sp³-hybridized carbons (Fsp3) is 0.706. The van der Waals surface area contributed by atoms with E-state index < -0.39 is 0 Å². The van der Waals surface area contributed by atoms with Crippen LogP contribution in [0, 0.1) is 13.8 Å². The molecule has 0 radical (unpaired) electrons. The van der Waals surface area contributed by atoms with Gasteiger partial charge in [-0.05, 0) is 45.6 Å². The van der Waals surface area contributed by atoms with Crippen molar-refractivity contribution in [1.82, 2.24) is 20.0 Å². The molecule has 0 bridgehead atoms. The van der Waals surface area contributed by atoms with Gasteiger partial charge >= 0.3 is 0 Å². The van der Waals surface area contributed by atoms with Gasteiger partial charge in [-0.25, -0.2) is 0 Å². The lowest BCUT2D eigenvalue weighted by molar-refractivity contribution is -0.135. The fourth-order valence-electron chi connectivity index (χ4n) is 3.24. The van der Waals surface area contributed by atoms with Gasteiger partial charge in [-0.2, -0.15) is 5.10 Å². The summed E-state index contributed by atoms with van der Waals surface area (Å²) in [6.45, 7) is 5.61. The van der Waals surface area contributed by atoms with Gasteiger partial charge < -0.3 is 15.0 Å². The van der Waals surface area contributed by atoms with Crippen LogP contribution < -0.4 is 5.32 Å². The van der Waals surface area contributed by atoms with Crippen molar-refractivity contribution in [2.45, 2.75) is 52.1 Å². The normalized spacial score (nSPS) is 17.8. The molecule has 1 aliphatic rings. The molecule has 2 heterocycles. The number of hydrogen-bond acceptors (Lipinski definition) is 4. The first-order chi connectivity index (χ1) is 11.5. The van der Waals surface area contributed by atoms with Crippen LogP contribution >= 0.6 is 0 Å². The quantitative estimate of drug-likeness (QED) is 0.807. The minimum Gasteiger partial charge on any atom is -0.375 e. The zero-order chi connectivity index (χ0) is 17.5. The van der Waals surface area contributed by atoms with E-state index in [1.165, 1.54) is 7.11 Å². The monoisotopic (exact) mass is 336 g/mol. The van der Waals surface area contributed by atoms with Crippen molar-refractivity contribution in [2.75, 3.05) is 26.8 Å². The molecule has 0 unspecified atom stereocenters. The Morgan fingerprint density at radius 3 is 2.83 bits per heavy atom. The first kappa shape index (κ1) is 18.4. The van der Waals surface area contributed by atoms with Gasteiger partial charge in [-0.1, -0.05) is 0 Å². The highest BCUT2D eigenvalue weighted by Crippen LogP contribution is 2.20. The van der Waals surface area contributed by atoms with Crippen molar-refractivity contribution in [3.05, 3.63) is 17.5 Å². The van der Waals surface area contributed by atoms with Crippen molar-refractivity contribution in [1.29, 1.82) is 0 Å². The third kappa shape index (κ3) is 5.06. The topological polar surface area (TPSA) is 76.5 Å². The summed E-state index contributed by atoms with van der Waals surface area (Å²) in [4.78, 5) is 26.1. The zero-order valence-electron chi connectivity index (χ0n) is 14.9. The third-order valence-electron chi connectivity index (χ3n) is 4.41. The average Bonchev–Trinajstić information content (AvgIpc) is 2.85. The van der Waals surface area contributed by atoms with Crippen LogP contribution in [-0.2, 0) is 20.9 Å². The number of aromatic nitrogens is 2. The molecule has 2 rings (SSSR count). The number of nitrogens with one attached hydrogen (secondary N) is 1. The van der Waals surface area contributed by atoms with Crippen LogP contribution in [0.5, 0.6) is 0 Å². The lowest BCUT2D eigenvalue weighted by Gasteiger charge is -2.36. The number of carbonyl (C=O) groups is 2. The van der Waals surface area contributed by atoms with Crippen LogP contribution in [0.1, 0.15) is 37.1 Å². The van der Waals surface area contributed by atoms with Crippen molar-refractivity contribution in [3.8, 4) is 0 Å². The summed E-state index contributed by atoms with van der Waals surface area (Å²) in [5.74, 6) is -0.0112. The molecule has 0 spiro atoms. The van der Waals surface area contributed by atoms with Crippen LogP contribution in [0.15, 0.2) is 6.07 Å². The summed E-state index contributed by atoms with van der Waals surface area (Å²) in [6, 6.07) is 2.16. The molecule has 2 amide bonds. The number of nitrogens with zero attached hydrogens (tertiary/aromatic N) is 3. The molecule has 1 aromatic heterocycles. The van der Waals surface area contributed by atoms with E-state index >= 15 is 0 Å². The lowest BCUT2D eigenvalue weighted by atomic mass is 9.99. The number of likely N-dealkylation sites (tertiary alicyclic amines) is 1. The second-order valence-electron chi connectivity index (χ2n) is 6.39. The molecule has 7 nitrogen and oxygen atoms in total. The van der Waals surface area contributed by atoms with Crippen LogP contribution in [0.25, 0.3) is 0 Å². The Bertz CT molecular complexity index is 570. The molecule has 134 valence electrons. The molecule has 1 atom stereocenters. The van der Waals surface area contributed by atoms with Crippen molar-refractivity contribution in [3.63, 3.8) is 0 Å². The summed E-state index contributed by atoms with van der Waals surface area (Å²) >= 11 is 0. The number of methoxy groups -OCH3 is 1. The highest BCUT2D eigenvalue weighted by Gasteiger charge is 2.26. The summed E-state index contributed by atoms with van der Waals surface area (Å²) in [6.07, 6.45) is 3.93. The smallest absolute Gasteiger partial charge is 0.245 e. The number of piperidine rings is 1. The SMILES string of the molecule is COCC(=O)NCC[C@@H]1CCCCN1C(=O)Cn1nc(C)cc1C. The maximum atomic E-state index is 12.7. The predicted molar refractivity (Wildman–Crippen MR) is 90.6 cm³/mol. The standard InChI is InChI=1S/C17H28N4O3/c1-13-10-14(2)21(19-13)11-17(23)20-9-5-4-6-15(20)7-8-18-16(22)12-24-3/h10,15H,4-9,11-12H2,1-3H3,(H,18,22)/t15-/m0/s1. The highest BCUT2D eigenvalue weighted by molar-refractivity contribution is 5.77. The predicted octanol–water partition coefficient (Wildman–Crippen LogP) is 1.03. The van der Waals surface area contributed by atoms with Crippen LogP contribution in [-0.4, -0.2) is 59.3 Å². The Morgan fingerprint density at radius 1 is 1.38 bits per heavy atom. The molecule has 0 aromatic carbocycles. The van der Waals surface area contributed by atoms with E-state index in [1.54, 1.807) is 4.68 Å². The van der Waals surface area contributed by atoms with E-state index in [9.17, 15) is 9.59 Å². The number of amides is 2. The molecule has 7 heteroatoms. The van der Waals surface area contributed by atoms with E-state index in [0.717, 1.165) is 43.6 Å². The summed E-state index contributed by atoms with van der Waals surface area (Å²) < 4.78 is 6.57. The van der Waals surface area contributed by atoms with Gasteiger partial charge in [0, 0.05) is 31.9 Å². The van der Waals surface area contributed by atoms with Crippen LogP contribution in [0.3, 0.4) is 0 Å². The van der Waals surface area contributed by atoms with Gasteiger partial charge in [0.2, 0.25) is 11.8 Å². The van der Waals surface area contributed by atoms with Crippen molar-refractivity contribution in [2.24, 2.45) is 0 Å². The number of hydrogen-bond donors (Lipinski definition) is 1. The van der Waals surface area contributed by atoms with Gasteiger partial charge in [-0.3, -0.25) is 14.3 Å². The van der Waals surface area contributed by atoms with Gasteiger partial charge in [0.05, 0.1) is 5.69 Å². The Labute approximate surface area is 143 Å². The number of aryl methyl sites for hydroxylation is 2. The minimum atomic E-state index is -0.117. The van der Waals surface area contributed by atoms with Crippen LogP contribution in [0.4, 0.5) is 0 Å². The molecular formula is C17H28N4O3. The molecule has 24 heavy (non-hydrogen) atoms. The molecule has 0 aliphatic carbocycles. The molecule has 0 saturated carbocycles. The summed E-state index contributed by atoms with van der Waals surface area (Å²) in [7, 11) is 1.50. The molecule has 1 saturated heterocycles. The Hall–Kier alpha value is -1.89. The van der Waals surface area contributed by atoms with E-state index in [4.69, 9.17) is 4.74 Å². The summed E-state index contributed by atoms with van der Waals surface area (Å²) in [5.41, 5.74) is 1.93. The molecule has 1 aliphatic heterocycles. The largest absolute Gasteiger partial charge is 0.375 e. The van der Waals surface area contributed by atoms with Gasteiger partial charge in [-0.15, -0.1) is 0 Å². The van der Waals surface area contributed by atoms with E-state index in [-0.39, 0.29) is 31.0 Å². The molecular weight excluding hydrogens is 308 g/mol. The van der Waals surface area contributed by atoms with E-state index in [1.807, 2.05) is 24.8 Å². The number of carbonyl (C=O) groups excluding carboxylic acids is 2. The second kappa shape index (κ2) is 8.82. The first-order valence-corrected chi connectivity index (χ1v) is 8.57. The number of rotatable bonds is 7. The van der Waals surface area contributed by atoms with Crippen molar-refractivity contribution < 1.29 is 14.3 Å². The highest BCUT2D eigenvalue weighted by atomic mass is 16.5. The minimum absolute atomic E-state index is 0.0746. The number of ether oxygens (including phenoxy) is 1. The van der Waals surface area contributed by atoms with Gasteiger partial charge in [0.25, 0.3) is 0 Å². The van der Waals surface area contributed by atoms with E-state index in [0.29, 0.717) is 6.54 Å². The van der Waals surface area contributed by atoms with Crippen molar-refractivity contribution >= 4 is 11.8 Å². The van der Waals surface area contributed by atoms with E-state index in [2.05, 4.69) is 10.4 Å². The fourth-order valence-corrected chi connectivity index (χ4v) is 3.24. The molecule has 1 fully saturated rings. The molecule has 1 N–H and O–H groups in total. The first-order valence-electron chi connectivity index (χ1n) is 8.57. The lowest BCUT2D eigenvalue weighted by Crippen LogP contribution is -2.46. The maximum absolute atomic E-state index is 12.7. The summed E-state index contributed by atoms with van der Waals surface area (Å²) in [5, 5.41) is 7.21. The Kier molecular flexibility index (Phi) is 6.78. The second-order valence-corrected chi connectivity index (χ2v) is 6.39. The zero-order valence-corrected chi connectivity index (χ0v) is 14.9. The Balaban J connectivity index is 1.89. The maximum Gasteiger partial charge on any atom is 0.245 e. The van der Waals surface area contributed by atoms with Gasteiger partial charge in [0.15, 0.2) is 0 Å². The van der Waals surface area contributed by atoms with Crippen LogP contribution in [0.2, 0.25) is 0 Å².